The highest BCUT2D eigenvalue weighted by atomic mass is 16.5. The van der Waals surface area contributed by atoms with Crippen molar-refractivity contribution >= 4 is 5.91 Å². The first-order chi connectivity index (χ1) is 11.6. The Hall–Kier alpha value is -2.27. The molecular weight excluding hydrogens is 306 g/mol. The molecule has 1 amide bonds. The number of ether oxygens (including phenoxy) is 2. The van der Waals surface area contributed by atoms with Crippen LogP contribution in [0.25, 0.3) is 0 Å². The molecule has 24 heavy (non-hydrogen) atoms. The van der Waals surface area contributed by atoms with Crippen LogP contribution in [0.2, 0.25) is 0 Å². The number of nitrogens with zero attached hydrogens (tertiary/aromatic N) is 1. The van der Waals surface area contributed by atoms with Gasteiger partial charge in [0.15, 0.2) is 0 Å². The van der Waals surface area contributed by atoms with Crippen molar-refractivity contribution in [1.29, 1.82) is 0 Å². The van der Waals surface area contributed by atoms with Crippen LogP contribution < -0.4 is 4.74 Å². The molecule has 0 bridgehead atoms. The molecule has 0 spiro atoms. The molecule has 1 fully saturated rings. The van der Waals surface area contributed by atoms with E-state index in [1.165, 1.54) is 5.56 Å². The molecular formula is C19H23NO4. The van der Waals surface area contributed by atoms with E-state index in [4.69, 9.17) is 13.9 Å². The monoisotopic (exact) mass is 329 g/mol. The molecule has 1 aliphatic heterocycles. The van der Waals surface area contributed by atoms with E-state index >= 15 is 0 Å². The van der Waals surface area contributed by atoms with Crippen LogP contribution in [0, 0.1) is 13.8 Å². The maximum atomic E-state index is 12.7. The lowest BCUT2D eigenvalue weighted by atomic mass is 10.1. The molecule has 1 atom stereocenters. The van der Waals surface area contributed by atoms with Gasteiger partial charge in [-0.3, -0.25) is 4.79 Å². The van der Waals surface area contributed by atoms with Crippen molar-refractivity contribution in [2.45, 2.75) is 26.4 Å². The lowest BCUT2D eigenvalue weighted by molar-refractivity contribution is -0.0208. The summed E-state index contributed by atoms with van der Waals surface area (Å²) in [6.45, 7) is 5.45. The van der Waals surface area contributed by atoms with E-state index in [0.717, 1.165) is 17.9 Å². The molecule has 3 rings (SSSR count). The molecule has 0 radical (unpaired) electrons. The average Bonchev–Trinajstić information content (AvgIpc) is 2.93. The molecule has 128 valence electrons. The lowest BCUT2D eigenvalue weighted by Crippen LogP contribution is -2.46. The second-order valence-corrected chi connectivity index (χ2v) is 6.12. The zero-order chi connectivity index (χ0) is 17.1. The number of carbonyl (C=O) groups is 1. The van der Waals surface area contributed by atoms with Crippen molar-refractivity contribution in [1.82, 2.24) is 4.90 Å². The molecule has 5 nitrogen and oxygen atoms in total. The molecule has 1 aliphatic rings. The number of hydrogen-bond acceptors (Lipinski definition) is 4. The minimum Gasteiger partial charge on any atom is -0.497 e. The molecule has 0 aliphatic carbocycles. The summed E-state index contributed by atoms with van der Waals surface area (Å²) in [7, 11) is 1.66. The molecule has 0 saturated carbocycles. The molecule has 1 aromatic heterocycles. The van der Waals surface area contributed by atoms with Crippen LogP contribution in [0.5, 0.6) is 5.75 Å². The van der Waals surface area contributed by atoms with Gasteiger partial charge in [0.05, 0.1) is 25.4 Å². The van der Waals surface area contributed by atoms with Gasteiger partial charge < -0.3 is 18.8 Å². The van der Waals surface area contributed by atoms with Gasteiger partial charge in [0.25, 0.3) is 5.91 Å². The second-order valence-electron chi connectivity index (χ2n) is 6.12. The fourth-order valence-corrected chi connectivity index (χ4v) is 3.07. The Morgan fingerprint density at radius 1 is 1.29 bits per heavy atom. The minimum absolute atomic E-state index is 0.00407. The van der Waals surface area contributed by atoms with E-state index in [1.807, 2.05) is 49.1 Å². The molecule has 0 N–H and O–H groups in total. The standard InChI is InChI=1S/C19H23NO4/c1-13-10-18(14(2)24-13)19(21)20-8-9-23-17(12-20)11-15-4-6-16(22-3)7-5-15/h4-7,10,17H,8-9,11-12H2,1-3H3/t17-/m0/s1. The summed E-state index contributed by atoms with van der Waals surface area (Å²) in [5.74, 6) is 2.30. The molecule has 2 heterocycles. The summed E-state index contributed by atoms with van der Waals surface area (Å²) in [5.41, 5.74) is 1.82. The fourth-order valence-electron chi connectivity index (χ4n) is 3.07. The van der Waals surface area contributed by atoms with Gasteiger partial charge in [0, 0.05) is 19.5 Å². The summed E-state index contributed by atoms with van der Waals surface area (Å²) in [6, 6.07) is 9.77. The summed E-state index contributed by atoms with van der Waals surface area (Å²) in [5, 5.41) is 0. The van der Waals surface area contributed by atoms with Crippen LogP contribution in [-0.4, -0.2) is 43.7 Å². The van der Waals surface area contributed by atoms with Crippen molar-refractivity contribution in [2.75, 3.05) is 26.8 Å². The highest BCUT2D eigenvalue weighted by Gasteiger charge is 2.27. The Kier molecular flexibility index (Phi) is 4.90. The summed E-state index contributed by atoms with van der Waals surface area (Å²) < 4.78 is 16.5. The largest absolute Gasteiger partial charge is 0.497 e. The molecule has 1 saturated heterocycles. The Labute approximate surface area is 142 Å². The van der Waals surface area contributed by atoms with E-state index in [-0.39, 0.29) is 12.0 Å². The van der Waals surface area contributed by atoms with E-state index in [9.17, 15) is 4.79 Å². The maximum absolute atomic E-state index is 12.7. The van der Waals surface area contributed by atoms with Gasteiger partial charge in [-0.25, -0.2) is 0 Å². The molecule has 1 aromatic carbocycles. The zero-order valence-electron chi connectivity index (χ0n) is 14.4. The van der Waals surface area contributed by atoms with E-state index in [1.54, 1.807) is 7.11 Å². The van der Waals surface area contributed by atoms with Gasteiger partial charge in [0.2, 0.25) is 0 Å². The van der Waals surface area contributed by atoms with Gasteiger partial charge in [-0.15, -0.1) is 0 Å². The van der Waals surface area contributed by atoms with Gasteiger partial charge in [-0.1, -0.05) is 12.1 Å². The van der Waals surface area contributed by atoms with Crippen LogP contribution in [0.1, 0.15) is 27.4 Å². The second kappa shape index (κ2) is 7.09. The third kappa shape index (κ3) is 3.62. The van der Waals surface area contributed by atoms with Gasteiger partial charge in [-0.2, -0.15) is 0 Å². The van der Waals surface area contributed by atoms with Crippen LogP contribution in [-0.2, 0) is 11.2 Å². The topological polar surface area (TPSA) is 51.9 Å². The van der Waals surface area contributed by atoms with Gasteiger partial charge in [0.1, 0.15) is 17.3 Å². The first kappa shape index (κ1) is 16.6. The van der Waals surface area contributed by atoms with Crippen LogP contribution in [0.3, 0.4) is 0 Å². The first-order valence-corrected chi connectivity index (χ1v) is 8.17. The fraction of sp³-hybridized carbons (Fsp3) is 0.421. The number of furan rings is 1. The SMILES string of the molecule is COc1ccc(C[C@H]2CN(C(=O)c3cc(C)oc3C)CCO2)cc1. The van der Waals surface area contributed by atoms with Gasteiger partial charge in [-0.05, 0) is 37.6 Å². The number of hydrogen-bond donors (Lipinski definition) is 0. The highest BCUT2D eigenvalue weighted by molar-refractivity contribution is 5.95. The highest BCUT2D eigenvalue weighted by Crippen LogP contribution is 2.20. The summed E-state index contributed by atoms with van der Waals surface area (Å²) in [4.78, 5) is 14.6. The van der Waals surface area contributed by atoms with Crippen molar-refractivity contribution in [3.05, 3.63) is 53.0 Å². The van der Waals surface area contributed by atoms with Gasteiger partial charge >= 0.3 is 0 Å². The van der Waals surface area contributed by atoms with E-state index in [0.29, 0.717) is 31.0 Å². The smallest absolute Gasteiger partial charge is 0.257 e. The number of benzene rings is 1. The third-order valence-corrected chi connectivity index (χ3v) is 4.32. The minimum atomic E-state index is 0.00407. The summed E-state index contributed by atoms with van der Waals surface area (Å²) in [6.07, 6.45) is 0.779. The Bertz CT molecular complexity index is 705. The Morgan fingerprint density at radius 3 is 2.67 bits per heavy atom. The molecule has 2 aromatic rings. The number of methoxy groups -OCH3 is 1. The Morgan fingerprint density at radius 2 is 2.04 bits per heavy atom. The number of carbonyl (C=O) groups excluding carboxylic acids is 1. The molecule has 5 heteroatoms. The average molecular weight is 329 g/mol. The first-order valence-electron chi connectivity index (χ1n) is 8.17. The maximum Gasteiger partial charge on any atom is 0.257 e. The van der Waals surface area contributed by atoms with Crippen molar-refractivity contribution in [3.63, 3.8) is 0 Å². The van der Waals surface area contributed by atoms with Crippen LogP contribution >= 0.6 is 0 Å². The van der Waals surface area contributed by atoms with Crippen LogP contribution in [0.15, 0.2) is 34.7 Å². The van der Waals surface area contributed by atoms with Crippen molar-refractivity contribution in [2.24, 2.45) is 0 Å². The quantitative estimate of drug-likeness (QED) is 0.865. The van der Waals surface area contributed by atoms with Crippen molar-refractivity contribution < 1.29 is 18.7 Å². The van der Waals surface area contributed by atoms with E-state index in [2.05, 4.69) is 0 Å². The summed E-state index contributed by atoms with van der Waals surface area (Å²) >= 11 is 0. The lowest BCUT2D eigenvalue weighted by Gasteiger charge is -2.33. The van der Waals surface area contributed by atoms with E-state index < -0.39 is 0 Å². The number of aryl methyl sites for hydroxylation is 2. The third-order valence-electron chi connectivity index (χ3n) is 4.32. The predicted octanol–water partition coefficient (Wildman–Crippen LogP) is 2.99. The Balaban J connectivity index is 1.65. The number of morpholine rings is 1. The zero-order valence-corrected chi connectivity index (χ0v) is 14.4. The number of amides is 1. The van der Waals surface area contributed by atoms with Crippen LogP contribution in [0.4, 0.5) is 0 Å². The van der Waals surface area contributed by atoms with Crippen molar-refractivity contribution in [3.8, 4) is 5.75 Å². The molecule has 0 unspecified atom stereocenters. The predicted molar refractivity (Wildman–Crippen MR) is 90.5 cm³/mol. The number of rotatable bonds is 4. The normalized spacial score (nSPS) is 17.8.